The fourth-order valence-electron chi connectivity index (χ4n) is 8.38. The third-order valence-electron chi connectivity index (χ3n) is 10.9. The molecule has 0 aliphatic carbocycles. The SMILES string of the molecule is C=Cc1ccc2c3ccccc3n(-c3ccc4c(c3)sc3cccc(-c5nc(-c6ccc(-c7ccccc7)cc6)c6sc7ccccc7c6n5)c34)c2c1/C=C\C. The number of allylic oxidation sites excluding steroid dienone is 1. The van der Waals surface area contributed by atoms with Crippen LogP contribution in [0.25, 0.3) is 114 Å². The number of thiophene rings is 2. The molecule has 11 rings (SSSR count). The molecule has 11 aromatic rings. The summed E-state index contributed by atoms with van der Waals surface area (Å²) in [6.07, 6.45) is 6.28. The quantitative estimate of drug-likeness (QED) is 0.169. The first-order chi connectivity index (χ1) is 27.7. The molecule has 0 bridgehead atoms. The van der Waals surface area contributed by atoms with Gasteiger partial charge in [-0.2, -0.15) is 0 Å². The van der Waals surface area contributed by atoms with Gasteiger partial charge in [-0.25, -0.2) is 9.97 Å². The van der Waals surface area contributed by atoms with E-state index in [1.807, 2.05) is 17.4 Å². The lowest BCUT2D eigenvalue weighted by atomic mass is 10.0. The summed E-state index contributed by atoms with van der Waals surface area (Å²) in [6.45, 7) is 6.23. The van der Waals surface area contributed by atoms with Crippen LogP contribution in [-0.4, -0.2) is 14.5 Å². The minimum absolute atomic E-state index is 0.743. The zero-order valence-electron chi connectivity index (χ0n) is 30.5. The minimum Gasteiger partial charge on any atom is -0.309 e. The number of para-hydroxylation sites is 1. The molecule has 56 heavy (non-hydrogen) atoms. The second-order valence-electron chi connectivity index (χ2n) is 14.1. The second-order valence-corrected chi connectivity index (χ2v) is 16.2. The molecule has 0 amide bonds. The molecule has 5 heteroatoms. The van der Waals surface area contributed by atoms with Gasteiger partial charge in [-0.05, 0) is 53.9 Å². The van der Waals surface area contributed by atoms with Gasteiger partial charge in [-0.15, -0.1) is 22.7 Å². The largest absolute Gasteiger partial charge is 0.309 e. The first kappa shape index (κ1) is 32.7. The van der Waals surface area contributed by atoms with Crippen molar-refractivity contribution in [1.29, 1.82) is 0 Å². The average molecular weight is 752 g/mol. The van der Waals surface area contributed by atoms with Gasteiger partial charge in [-0.1, -0.05) is 146 Å². The lowest BCUT2D eigenvalue weighted by molar-refractivity contribution is 1.18. The summed E-state index contributed by atoms with van der Waals surface area (Å²) in [5, 5.41) is 6.03. The highest BCUT2D eigenvalue weighted by molar-refractivity contribution is 7.26. The molecule has 4 aromatic heterocycles. The number of nitrogens with zero attached hydrogens (tertiary/aromatic N) is 3. The second kappa shape index (κ2) is 13.0. The van der Waals surface area contributed by atoms with Crippen molar-refractivity contribution < 1.29 is 0 Å². The van der Waals surface area contributed by atoms with E-state index in [2.05, 4.69) is 182 Å². The first-order valence-electron chi connectivity index (χ1n) is 18.8. The van der Waals surface area contributed by atoms with Crippen LogP contribution in [0.1, 0.15) is 18.1 Å². The van der Waals surface area contributed by atoms with E-state index in [1.54, 1.807) is 11.3 Å². The molecule has 0 N–H and O–H groups in total. The zero-order chi connectivity index (χ0) is 37.3. The molecule has 0 saturated heterocycles. The van der Waals surface area contributed by atoms with Gasteiger partial charge >= 0.3 is 0 Å². The van der Waals surface area contributed by atoms with E-state index < -0.39 is 0 Å². The fraction of sp³-hybridized carbons (Fsp3) is 0.0196. The van der Waals surface area contributed by atoms with Crippen molar-refractivity contribution in [2.75, 3.05) is 0 Å². The maximum atomic E-state index is 5.43. The van der Waals surface area contributed by atoms with E-state index in [9.17, 15) is 0 Å². The van der Waals surface area contributed by atoms with Crippen LogP contribution in [0.15, 0.2) is 164 Å². The van der Waals surface area contributed by atoms with Crippen LogP contribution in [0.2, 0.25) is 0 Å². The summed E-state index contributed by atoms with van der Waals surface area (Å²) >= 11 is 3.59. The van der Waals surface area contributed by atoms with Crippen molar-refractivity contribution in [3.05, 3.63) is 175 Å². The number of fused-ring (bicyclic) bond motifs is 9. The Hall–Kier alpha value is -6.66. The van der Waals surface area contributed by atoms with E-state index in [1.165, 1.54) is 63.4 Å². The van der Waals surface area contributed by atoms with Crippen molar-refractivity contribution in [3.8, 4) is 39.5 Å². The van der Waals surface area contributed by atoms with Crippen LogP contribution in [0.3, 0.4) is 0 Å². The van der Waals surface area contributed by atoms with E-state index >= 15 is 0 Å². The molecule has 0 spiro atoms. The normalized spacial score (nSPS) is 12.0. The van der Waals surface area contributed by atoms with Gasteiger partial charge in [0, 0.05) is 63.4 Å². The van der Waals surface area contributed by atoms with Crippen molar-refractivity contribution in [3.63, 3.8) is 0 Å². The standard InChI is InChI=1S/C51H33N3S2/c1-3-13-36-31(4-2)26-28-38-37-16-8-10-19-42(37)54(49(36)38)35-27-29-39-45(30-35)55-44-21-12-18-41(46(39)44)51-52-47(50-48(53-51)40-17-9-11-20-43(40)56-50)34-24-22-33(23-25-34)32-14-6-5-7-15-32/h3-30H,2H2,1H3/b13-3-. The van der Waals surface area contributed by atoms with Crippen LogP contribution in [-0.2, 0) is 0 Å². The first-order valence-corrected chi connectivity index (χ1v) is 20.4. The lowest BCUT2D eigenvalue weighted by Crippen LogP contribution is -1.96. The molecule has 4 heterocycles. The van der Waals surface area contributed by atoms with Crippen LogP contribution in [0.5, 0.6) is 0 Å². The molecule has 0 radical (unpaired) electrons. The zero-order valence-corrected chi connectivity index (χ0v) is 32.2. The van der Waals surface area contributed by atoms with Gasteiger partial charge in [0.25, 0.3) is 0 Å². The lowest BCUT2D eigenvalue weighted by Gasteiger charge is -2.12. The molecule has 0 fully saturated rings. The van der Waals surface area contributed by atoms with Crippen LogP contribution >= 0.6 is 22.7 Å². The highest BCUT2D eigenvalue weighted by Gasteiger charge is 2.21. The third kappa shape index (κ3) is 5.02. The molecule has 0 unspecified atom stereocenters. The summed E-state index contributed by atoms with van der Waals surface area (Å²) in [5.41, 5.74) is 12.3. The maximum absolute atomic E-state index is 5.43. The summed E-state index contributed by atoms with van der Waals surface area (Å²) in [4.78, 5) is 10.8. The van der Waals surface area contributed by atoms with E-state index in [0.717, 1.165) is 49.5 Å². The number of hydrogen-bond acceptors (Lipinski definition) is 4. The molecule has 0 aliphatic heterocycles. The third-order valence-corrected chi connectivity index (χ3v) is 13.2. The smallest absolute Gasteiger partial charge is 0.161 e. The van der Waals surface area contributed by atoms with Gasteiger partial charge < -0.3 is 4.57 Å². The van der Waals surface area contributed by atoms with Gasteiger partial charge in [0.2, 0.25) is 0 Å². The predicted octanol–water partition coefficient (Wildman–Crippen LogP) is 15.0. The molecule has 0 saturated carbocycles. The van der Waals surface area contributed by atoms with Crippen molar-refractivity contribution in [2.45, 2.75) is 6.92 Å². The Labute approximate surface area is 331 Å². The molecule has 7 aromatic carbocycles. The van der Waals surface area contributed by atoms with Gasteiger partial charge in [0.15, 0.2) is 5.82 Å². The number of benzene rings is 7. The minimum atomic E-state index is 0.743. The van der Waals surface area contributed by atoms with Crippen molar-refractivity contribution in [2.24, 2.45) is 0 Å². The highest BCUT2D eigenvalue weighted by atomic mass is 32.1. The maximum Gasteiger partial charge on any atom is 0.161 e. The molecule has 0 aliphatic rings. The van der Waals surface area contributed by atoms with E-state index in [0.29, 0.717) is 0 Å². The van der Waals surface area contributed by atoms with Crippen LogP contribution in [0.4, 0.5) is 0 Å². The summed E-state index contributed by atoms with van der Waals surface area (Å²) in [6, 6.07) is 54.5. The predicted molar refractivity (Wildman–Crippen MR) is 243 cm³/mol. The molecule has 3 nitrogen and oxygen atoms in total. The van der Waals surface area contributed by atoms with Crippen LogP contribution in [0, 0.1) is 0 Å². The molecule has 264 valence electrons. The van der Waals surface area contributed by atoms with Gasteiger partial charge in [-0.3, -0.25) is 0 Å². The average Bonchev–Trinajstić information content (AvgIpc) is 3.93. The number of aromatic nitrogens is 3. The summed E-state index contributed by atoms with van der Waals surface area (Å²) in [7, 11) is 0. The highest BCUT2D eigenvalue weighted by Crippen LogP contribution is 2.44. The Morgan fingerprint density at radius 2 is 1.32 bits per heavy atom. The van der Waals surface area contributed by atoms with Crippen molar-refractivity contribution in [1.82, 2.24) is 14.5 Å². The van der Waals surface area contributed by atoms with Gasteiger partial charge in [0.1, 0.15) is 0 Å². The van der Waals surface area contributed by atoms with E-state index in [-0.39, 0.29) is 0 Å². The summed E-state index contributed by atoms with van der Waals surface area (Å²) < 4.78 is 7.18. The molecular weight excluding hydrogens is 719 g/mol. The van der Waals surface area contributed by atoms with Gasteiger partial charge in [0.05, 0.1) is 26.9 Å². The molecular formula is C51H33N3S2. The Bertz CT molecular complexity index is 3380. The van der Waals surface area contributed by atoms with Crippen molar-refractivity contribution >= 4 is 97.1 Å². The van der Waals surface area contributed by atoms with E-state index in [4.69, 9.17) is 9.97 Å². The molecule has 0 atom stereocenters. The number of rotatable bonds is 6. The Morgan fingerprint density at radius 1 is 0.589 bits per heavy atom. The number of hydrogen-bond donors (Lipinski definition) is 0. The Morgan fingerprint density at radius 3 is 2.16 bits per heavy atom. The Balaban J connectivity index is 1.12. The Kier molecular flexibility index (Phi) is 7.59. The summed E-state index contributed by atoms with van der Waals surface area (Å²) in [5.74, 6) is 0.743. The monoisotopic (exact) mass is 751 g/mol. The van der Waals surface area contributed by atoms with Crippen LogP contribution < -0.4 is 0 Å². The topological polar surface area (TPSA) is 30.7 Å². The fourth-order valence-corrected chi connectivity index (χ4v) is 10.7.